The number of carbonyl (C=O) groups excluding carboxylic acids is 2. The molecule has 0 radical (unpaired) electrons. The van der Waals surface area contributed by atoms with Crippen molar-refractivity contribution in [1.82, 2.24) is 20.8 Å². The van der Waals surface area contributed by atoms with E-state index >= 15 is 0 Å². The average molecular weight is 378 g/mol. The van der Waals surface area contributed by atoms with Gasteiger partial charge in [-0.05, 0) is 18.6 Å². The van der Waals surface area contributed by atoms with E-state index < -0.39 is 11.6 Å². The summed E-state index contributed by atoms with van der Waals surface area (Å²) < 4.78 is 0.976. The zero-order valence-corrected chi connectivity index (χ0v) is 14.1. The molecule has 1 aromatic heterocycles. The maximum absolute atomic E-state index is 12.2. The van der Waals surface area contributed by atoms with E-state index in [0.717, 1.165) is 21.1 Å². The third-order valence-corrected chi connectivity index (χ3v) is 5.38. The monoisotopic (exact) mass is 377 g/mol. The van der Waals surface area contributed by atoms with Crippen molar-refractivity contribution >= 4 is 44.5 Å². The van der Waals surface area contributed by atoms with E-state index in [4.69, 9.17) is 0 Å². The third-order valence-electron chi connectivity index (χ3n) is 4.92. The molecule has 3 heterocycles. The molecular weight excluding hydrogens is 362 g/mol. The number of benzene rings is 1. The van der Waals surface area contributed by atoms with Crippen LogP contribution >= 0.6 is 15.9 Å². The van der Waals surface area contributed by atoms with Gasteiger partial charge in [-0.2, -0.15) is 5.10 Å². The van der Waals surface area contributed by atoms with Crippen LogP contribution in [0.15, 0.2) is 22.8 Å². The van der Waals surface area contributed by atoms with Gasteiger partial charge in [0.15, 0.2) is 0 Å². The van der Waals surface area contributed by atoms with Crippen molar-refractivity contribution in [3.05, 3.63) is 22.8 Å². The summed E-state index contributed by atoms with van der Waals surface area (Å²) in [7, 11) is 0. The summed E-state index contributed by atoms with van der Waals surface area (Å²) in [6, 6.07) is 3.66. The summed E-state index contributed by atoms with van der Waals surface area (Å²) in [5.74, 6) is -0.207. The number of halogens is 1. The molecule has 0 bridgehead atoms. The zero-order chi connectivity index (χ0) is 16.2. The molecule has 2 fully saturated rings. The minimum atomic E-state index is -0.783. The largest absolute Gasteiger partial charge is 0.370 e. The molecule has 3 N–H and O–H groups in total. The van der Waals surface area contributed by atoms with Crippen LogP contribution in [0.2, 0.25) is 0 Å². The molecule has 23 heavy (non-hydrogen) atoms. The van der Waals surface area contributed by atoms with E-state index in [1.165, 1.54) is 0 Å². The van der Waals surface area contributed by atoms with Crippen LogP contribution in [0.25, 0.3) is 10.9 Å². The molecule has 0 saturated carbocycles. The molecule has 2 atom stereocenters. The van der Waals surface area contributed by atoms with E-state index in [-0.39, 0.29) is 11.8 Å². The third kappa shape index (κ3) is 2.12. The Kier molecular flexibility index (Phi) is 3.12. The van der Waals surface area contributed by atoms with E-state index in [0.29, 0.717) is 19.5 Å². The van der Waals surface area contributed by atoms with E-state index in [9.17, 15) is 9.59 Å². The predicted octanol–water partition coefficient (Wildman–Crippen LogP) is 1.75. The summed E-state index contributed by atoms with van der Waals surface area (Å²) in [6.45, 7) is 3.38. The second-order valence-electron chi connectivity index (χ2n) is 6.23. The molecule has 0 aliphatic carbocycles. The van der Waals surface area contributed by atoms with Crippen LogP contribution in [0.1, 0.15) is 13.3 Å². The van der Waals surface area contributed by atoms with Crippen LogP contribution in [-0.4, -0.2) is 40.8 Å². The number of carbonyl (C=O) groups is 2. The fraction of sp³-hybridized carbons (Fsp3) is 0.400. The number of anilines is 1. The molecule has 2 aliphatic rings. The Balaban J connectivity index is 1.67. The van der Waals surface area contributed by atoms with Gasteiger partial charge in [0.25, 0.3) is 5.91 Å². The number of hydrogen-bond acceptors (Lipinski definition) is 4. The van der Waals surface area contributed by atoms with E-state index in [2.05, 4.69) is 47.7 Å². The Morgan fingerprint density at radius 2 is 2.22 bits per heavy atom. The Labute approximate surface area is 140 Å². The smallest absolute Gasteiger partial charge is 0.322 e. The lowest BCUT2D eigenvalue weighted by atomic mass is 9.78. The molecule has 4 rings (SSSR count). The number of aromatic nitrogens is 2. The molecule has 2 aromatic rings. The number of amides is 3. The SMILES string of the molecule is C[C@@H]1CN(c2cc(Br)cc3[nH]ncc23)CC[C@]12NC(=O)NC2=O. The Morgan fingerprint density at radius 1 is 1.39 bits per heavy atom. The number of hydrogen-bond donors (Lipinski definition) is 3. The van der Waals surface area contributed by atoms with Crippen LogP contribution in [0.3, 0.4) is 0 Å². The zero-order valence-electron chi connectivity index (χ0n) is 12.5. The highest BCUT2D eigenvalue weighted by Gasteiger charge is 2.52. The molecular formula is C15H16BrN5O2. The number of rotatable bonds is 1. The minimum Gasteiger partial charge on any atom is -0.370 e. The molecule has 2 saturated heterocycles. The number of aromatic amines is 1. The van der Waals surface area contributed by atoms with Crippen LogP contribution in [0.5, 0.6) is 0 Å². The number of imide groups is 1. The van der Waals surface area contributed by atoms with Crippen LogP contribution in [-0.2, 0) is 4.79 Å². The normalized spacial score (nSPS) is 27.6. The topological polar surface area (TPSA) is 90.1 Å². The van der Waals surface area contributed by atoms with E-state index in [1.54, 1.807) is 0 Å². The van der Waals surface area contributed by atoms with Crippen molar-refractivity contribution in [3.63, 3.8) is 0 Å². The lowest BCUT2D eigenvalue weighted by Crippen LogP contribution is -2.60. The average Bonchev–Trinajstić information content (AvgIpc) is 3.06. The first-order valence-corrected chi connectivity index (χ1v) is 8.30. The van der Waals surface area contributed by atoms with Gasteiger partial charge in [-0.15, -0.1) is 0 Å². The van der Waals surface area contributed by atoms with Gasteiger partial charge in [-0.25, -0.2) is 4.79 Å². The van der Waals surface area contributed by atoms with Gasteiger partial charge in [0.1, 0.15) is 5.54 Å². The molecule has 0 unspecified atom stereocenters. The lowest BCUT2D eigenvalue weighted by Gasteiger charge is -2.43. The van der Waals surface area contributed by atoms with Gasteiger partial charge in [0, 0.05) is 34.6 Å². The molecule has 3 amide bonds. The summed E-state index contributed by atoms with van der Waals surface area (Å²) >= 11 is 3.53. The van der Waals surface area contributed by atoms with Gasteiger partial charge < -0.3 is 10.2 Å². The molecule has 120 valence electrons. The van der Waals surface area contributed by atoms with E-state index in [1.807, 2.05) is 19.2 Å². The number of piperidine rings is 1. The highest BCUT2D eigenvalue weighted by Crippen LogP contribution is 2.36. The maximum Gasteiger partial charge on any atom is 0.322 e. The standard InChI is InChI=1S/C15H16BrN5O2/c1-8-7-21(3-2-15(8)13(22)18-14(23)19-15)12-5-9(16)4-11-10(12)6-17-20-11/h4-6,8H,2-3,7H2,1H3,(H,17,20)(H2,18,19,22,23)/t8-,15+/m1/s1. The second kappa shape index (κ2) is 4.95. The summed E-state index contributed by atoms with van der Waals surface area (Å²) in [6.07, 6.45) is 2.40. The van der Waals surface area contributed by atoms with Gasteiger partial charge in [-0.3, -0.25) is 15.2 Å². The fourth-order valence-electron chi connectivity index (χ4n) is 3.64. The first-order valence-electron chi connectivity index (χ1n) is 7.51. The second-order valence-corrected chi connectivity index (χ2v) is 7.15. The highest BCUT2D eigenvalue weighted by atomic mass is 79.9. The minimum absolute atomic E-state index is 0.00336. The predicted molar refractivity (Wildman–Crippen MR) is 89.2 cm³/mol. The van der Waals surface area contributed by atoms with Crippen molar-refractivity contribution in [3.8, 4) is 0 Å². The molecule has 7 nitrogen and oxygen atoms in total. The van der Waals surface area contributed by atoms with Crippen LogP contribution in [0.4, 0.5) is 10.5 Å². The van der Waals surface area contributed by atoms with Gasteiger partial charge in [0.05, 0.1) is 11.7 Å². The van der Waals surface area contributed by atoms with Crippen LogP contribution < -0.4 is 15.5 Å². The van der Waals surface area contributed by atoms with Crippen LogP contribution in [0, 0.1) is 5.92 Å². The van der Waals surface area contributed by atoms with Crippen molar-refractivity contribution in [2.24, 2.45) is 5.92 Å². The van der Waals surface area contributed by atoms with Gasteiger partial charge in [-0.1, -0.05) is 22.9 Å². The first kappa shape index (κ1) is 14.5. The summed E-state index contributed by atoms with van der Waals surface area (Å²) in [4.78, 5) is 26.0. The Bertz CT molecular complexity index is 819. The summed E-state index contributed by atoms with van der Waals surface area (Å²) in [5.41, 5.74) is 1.26. The van der Waals surface area contributed by atoms with Crippen molar-refractivity contribution < 1.29 is 9.59 Å². The van der Waals surface area contributed by atoms with Crippen molar-refractivity contribution in [2.75, 3.05) is 18.0 Å². The number of urea groups is 1. The molecule has 1 spiro atoms. The summed E-state index contributed by atoms with van der Waals surface area (Å²) in [5, 5.41) is 13.4. The highest BCUT2D eigenvalue weighted by molar-refractivity contribution is 9.10. The fourth-order valence-corrected chi connectivity index (χ4v) is 4.09. The molecule has 2 aliphatic heterocycles. The van der Waals surface area contributed by atoms with Gasteiger partial charge in [0.2, 0.25) is 0 Å². The first-order chi connectivity index (χ1) is 11.0. The molecule has 8 heteroatoms. The Hall–Kier alpha value is -2.09. The number of nitrogens with zero attached hydrogens (tertiary/aromatic N) is 2. The molecule has 1 aromatic carbocycles. The maximum atomic E-state index is 12.2. The number of fused-ring (bicyclic) bond motifs is 1. The van der Waals surface area contributed by atoms with Crippen molar-refractivity contribution in [1.29, 1.82) is 0 Å². The Morgan fingerprint density at radius 3 is 2.91 bits per heavy atom. The van der Waals surface area contributed by atoms with Gasteiger partial charge >= 0.3 is 6.03 Å². The quantitative estimate of drug-likeness (QED) is 0.660. The van der Waals surface area contributed by atoms with Crippen molar-refractivity contribution in [2.45, 2.75) is 18.9 Å². The number of H-pyrrole nitrogens is 1. The lowest BCUT2D eigenvalue weighted by molar-refractivity contribution is -0.126. The number of nitrogens with one attached hydrogen (secondary N) is 3.